The highest BCUT2D eigenvalue weighted by Gasteiger charge is 2.50. The van der Waals surface area contributed by atoms with Crippen molar-refractivity contribution in [2.45, 2.75) is 51.6 Å². The van der Waals surface area contributed by atoms with Crippen LogP contribution in [0.15, 0.2) is 35.3 Å². The van der Waals surface area contributed by atoms with E-state index in [4.69, 9.17) is 10.8 Å². The number of nitrogens with zero attached hydrogens (tertiary/aromatic N) is 2. The second kappa shape index (κ2) is 8.31. The van der Waals surface area contributed by atoms with Crippen LogP contribution in [0.25, 0.3) is 0 Å². The topological polar surface area (TPSA) is 108 Å². The molecule has 2 atom stereocenters. The number of aliphatic imine (C=N–C) groups is 1. The Hall–Kier alpha value is -2.41. The van der Waals surface area contributed by atoms with Gasteiger partial charge < -0.3 is 10.8 Å². The summed E-state index contributed by atoms with van der Waals surface area (Å²) < 4.78 is 0. The standard InChI is InChI=1S/C19H28N4O3/c1-13(2)12-19(15-9-5-4-6-10-15)16(24)23(11-7-8-14(3)20)17(22-19)21-18(25)26/h4-6,9-10,13-14H,7-8,11-12,20H2,1-3H3,(H,21,22)(H,25,26)/t14-,19?/m1/s1. The highest BCUT2D eigenvalue weighted by molar-refractivity contribution is 6.11. The van der Waals surface area contributed by atoms with Crippen LogP contribution in [0, 0.1) is 5.92 Å². The van der Waals surface area contributed by atoms with Crippen LogP contribution in [0.5, 0.6) is 0 Å². The highest BCUT2D eigenvalue weighted by atomic mass is 16.4. The van der Waals surface area contributed by atoms with Crippen LogP contribution in [0.4, 0.5) is 4.79 Å². The number of hydrogen-bond acceptors (Lipinski definition) is 4. The van der Waals surface area contributed by atoms with Crippen molar-refractivity contribution in [2.75, 3.05) is 6.54 Å². The van der Waals surface area contributed by atoms with E-state index in [0.29, 0.717) is 19.4 Å². The van der Waals surface area contributed by atoms with Crippen molar-refractivity contribution in [3.8, 4) is 0 Å². The maximum Gasteiger partial charge on any atom is 0.411 e. The summed E-state index contributed by atoms with van der Waals surface area (Å²) >= 11 is 0. The molecule has 1 aliphatic rings. The third-order valence-corrected chi connectivity index (χ3v) is 4.37. The van der Waals surface area contributed by atoms with E-state index >= 15 is 0 Å². The summed E-state index contributed by atoms with van der Waals surface area (Å²) in [6.45, 7) is 6.34. The summed E-state index contributed by atoms with van der Waals surface area (Å²) in [6.07, 6.45) is 0.690. The first kappa shape index (κ1) is 19.9. The molecule has 0 fully saturated rings. The number of nitrogens with one attached hydrogen (secondary N) is 1. The lowest BCUT2D eigenvalue weighted by molar-refractivity contribution is -0.132. The summed E-state index contributed by atoms with van der Waals surface area (Å²) in [5.74, 6) is 0.112. The normalized spacial score (nSPS) is 21.0. The molecule has 0 radical (unpaired) electrons. The molecule has 0 aromatic heterocycles. The van der Waals surface area contributed by atoms with E-state index in [1.165, 1.54) is 4.90 Å². The Morgan fingerprint density at radius 1 is 1.31 bits per heavy atom. The monoisotopic (exact) mass is 360 g/mol. The molecule has 0 bridgehead atoms. The Bertz CT molecular complexity index is 673. The number of hydrogen-bond donors (Lipinski definition) is 3. The molecule has 26 heavy (non-hydrogen) atoms. The second-order valence-electron chi connectivity index (χ2n) is 7.27. The van der Waals surface area contributed by atoms with E-state index in [1.54, 1.807) is 0 Å². The maximum absolute atomic E-state index is 13.4. The van der Waals surface area contributed by atoms with E-state index in [9.17, 15) is 9.59 Å². The lowest BCUT2D eigenvalue weighted by Gasteiger charge is -2.28. The zero-order chi connectivity index (χ0) is 19.3. The zero-order valence-corrected chi connectivity index (χ0v) is 15.6. The van der Waals surface area contributed by atoms with E-state index in [1.807, 2.05) is 51.1 Å². The molecule has 1 unspecified atom stereocenters. The SMILES string of the molecule is CC(C)CC1(c2ccccc2)N=C(NC(=O)O)N(CCC[C@@H](C)N)C1=O. The largest absolute Gasteiger partial charge is 0.465 e. The van der Waals surface area contributed by atoms with Crippen LogP contribution in [-0.2, 0) is 10.3 Å². The lowest BCUT2D eigenvalue weighted by Crippen LogP contribution is -2.46. The predicted molar refractivity (Wildman–Crippen MR) is 101 cm³/mol. The molecule has 2 rings (SSSR count). The van der Waals surface area contributed by atoms with Crippen molar-refractivity contribution in [1.29, 1.82) is 0 Å². The summed E-state index contributed by atoms with van der Waals surface area (Å²) in [5.41, 5.74) is 5.47. The molecule has 7 heteroatoms. The molecule has 0 aliphatic carbocycles. The molecule has 2 amide bonds. The minimum Gasteiger partial charge on any atom is -0.465 e. The fraction of sp³-hybridized carbons (Fsp3) is 0.526. The lowest BCUT2D eigenvalue weighted by atomic mass is 9.82. The molecular weight excluding hydrogens is 332 g/mol. The number of benzene rings is 1. The number of carboxylic acid groups (broad SMARTS) is 1. The fourth-order valence-electron chi connectivity index (χ4n) is 3.32. The minimum absolute atomic E-state index is 0.0232. The molecule has 142 valence electrons. The highest BCUT2D eigenvalue weighted by Crippen LogP contribution is 2.39. The van der Waals surface area contributed by atoms with Gasteiger partial charge in [-0.05, 0) is 37.7 Å². The Morgan fingerprint density at radius 3 is 2.50 bits per heavy atom. The van der Waals surface area contributed by atoms with Gasteiger partial charge in [-0.2, -0.15) is 0 Å². The summed E-state index contributed by atoms with van der Waals surface area (Å²) in [6, 6.07) is 9.37. The molecule has 0 spiro atoms. The maximum atomic E-state index is 13.4. The Labute approximate surface area is 154 Å². The van der Waals surface area contributed by atoms with E-state index in [2.05, 4.69) is 10.3 Å². The predicted octanol–water partition coefficient (Wildman–Crippen LogP) is 2.52. The quantitative estimate of drug-likeness (QED) is 0.694. The second-order valence-corrected chi connectivity index (χ2v) is 7.27. The van der Waals surface area contributed by atoms with Gasteiger partial charge in [-0.3, -0.25) is 15.0 Å². The fourth-order valence-corrected chi connectivity index (χ4v) is 3.32. The smallest absolute Gasteiger partial charge is 0.411 e. The van der Waals surface area contributed by atoms with Crippen LogP contribution in [0.2, 0.25) is 0 Å². The van der Waals surface area contributed by atoms with Crippen molar-refractivity contribution in [1.82, 2.24) is 10.2 Å². The first-order valence-electron chi connectivity index (χ1n) is 8.99. The van der Waals surface area contributed by atoms with Gasteiger partial charge in [0.1, 0.15) is 0 Å². The van der Waals surface area contributed by atoms with Gasteiger partial charge in [0.15, 0.2) is 5.54 Å². The molecule has 0 saturated carbocycles. The first-order valence-corrected chi connectivity index (χ1v) is 8.99. The van der Waals surface area contributed by atoms with Crippen molar-refractivity contribution in [3.05, 3.63) is 35.9 Å². The molecule has 7 nitrogen and oxygen atoms in total. The molecule has 1 aromatic carbocycles. The van der Waals surface area contributed by atoms with Gasteiger partial charge in [-0.1, -0.05) is 44.2 Å². The van der Waals surface area contributed by atoms with E-state index in [0.717, 1.165) is 12.0 Å². The van der Waals surface area contributed by atoms with Crippen molar-refractivity contribution >= 4 is 18.0 Å². The number of nitrogens with two attached hydrogens (primary N) is 1. The van der Waals surface area contributed by atoms with Gasteiger partial charge in [0.2, 0.25) is 5.96 Å². The molecule has 4 N–H and O–H groups in total. The van der Waals surface area contributed by atoms with Crippen LogP contribution < -0.4 is 11.1 Å². The summed E-state index contributed by atoms with van der Waals surface area (Å²) in [4.78, 5) is 30.6. The van der Waals surface area contributed by atoms with Gasteiger partial charge in [-0.15, -0.1) is 0 Å². The van der Waals surface area contributed by atoms with E-state index < -0.39 is 11.6 Å². The number of carbonyl (C=O) groups excluding carboxylic acids is 1. The number of rotatable bonds is 7. The average molecular weight is 360 g/mol. The first-order chi connectivity index (χ1) is 12.3. The van der Waals surface area contributed by atoms with Crippen molar-refractivity contribution < 1.29 is 14.7 Å². The van der Waals surface area contributed by atoms with Gasteiger partial charge in [-0.25, -0.2) is 9.79 Å². The third-order valence-electron chi connectivity index (χ3n) is 4.37. The Morgan fingerprint density at radius 2 is 1.96 bits per heavy atom. The van der Waals surface area contributed by atoms with Crippen LogP contribution >= 0.6 is 0 Å². The van der Waals surface area contributed by atoms with Gasteiger partial charge in [0.05, 0.1) is 0 Å². The molecule has 1 aromatic rings. The number of amides is 2. The van der Waals surface area contributed by atoms with Crippen LogP contribution in [0.1, 0.15) is 45.6 Å². The Kier molecular flexibility index (Phi) is 6.37. The van der Waals surface area contributed by atoms with Crippen LogP contribution in [0.3, 0.4) is 0 Å². The molecule has 0 saturated heterocycles. The zero-order valence-electron chi connectivity index (χ0n) is 15.6. The molecule has 1 heterocycles. The number of guanidine groups is 1. The van der Waals surface area contributed by atoms with Gasteiger partial charge in [0, 0.05) is 12.6 Å². The van der Waals surface area contributed by atoms with E-state index in [-0.39, 0.29) is 23.8 Å². The Balaban J connectivity index is 2.42. The van der Waals surface area contributed by atoms with Crippen molar-refractivity contribution in [3.63, 3.8) is 0 Å². The summed E-state index contributed by atoms with van der Waals surface area (Å²) in [7, 11) is 0. The third kappa shape index (κ3) is 4.40. The van der Waals surface area contributed by atoms with Gasteiger partial charge in [0.25, 0.3) is 5.91 Å². The molecular formula is C19H28N4O3. The van der Waals surface area contributed by atoms with Crippen molar-refractivity contribution in [2.24, 2.45) is 16.6 Å². The summed E-state index contributed by atoms with van der Waals surface area (Å²) in [5, 5.41) is 11.5. The molecule has 1 aliphatic heterocycles. The minimum atomic E-state index is -1.23. The van der Waals surface area contributed by atoms with Crippen LogP contribution in [-0.4, -0.2) is 40.6 Å². The number of carbonyl (C=O) groups is 2. The average Bonchev–Trinajstić information content (AvgIpc) is 2.80. The van der Waals surface area contributed by atoms with Gasteiger partial charge >= 0.3 is 6.09 Å².